The van der Waals surface area contributed by atoms with Gasteiger partial charge in [-0.25, -0.2) is 4.79 Å². The number of amides is 5. The molecule has 0 spiro atoms. The molecule has 5 amide bonds. The highest BCUT2D eigenvalue weighted by molar-refractivity contribution is 5.97. The van der Waals surface area contributed by atoms with Gasteiger partial charge in [-0.3, -0.25) is 24.0 Å². The summed E-state index contributed by atoms with van der Waals surface area (Å²) in [6, 6.07) is 0.723. The molecule has 47 heavy (non-hydrogen) atoms. The maximum atomic E-state index is 14.3. The summed E-state index contributed by atoms with van der Waals surface area (Å²) in [6.45, 7) is 11.3. The molecule has 13 heteroatoms. The van der Waals surface area contributed by atoms with Crippen molar-refractivity contribution in [1.29, 1.82) is 0 Å². The van der Waals surface area contributed by atoms with Gasteiger partial charge in [0, 0.05) is 35.9 Å². The van der Waals surface area contributed by atoms with E-state index < -0.39 is 65.7 Å². The summed E-state index contributed by atoms with van der Waals surface area (Å²) in [5.41, 5.74) is 2.27. The number of nitrogens with one attached hydrogen (secondary N) is 6. The first-order valence-electron chi connectivity index (χ1n) is 16.4. The minimum Gasteiger partial charge on any atom is -0.467 e. The molecule has 5 rings (SSSR count). The molecular formula is C34H48N6O7. The molecule has 13 nitrogen and oxygen atoms in total. The van der Waals surface area contributed by atoms with Crippen molar-refractivity contribution < 1.29 is 33.5 Å². The number of hydrogen-bond donors (Lipinski definition) is 6. The molecule has 4 heterocycles. The summed E-state index contributed by atoms with van der Waals surface area (Å²) >= 11 is 0. The fourth-order valence-electron chi connectivity index (χ4n) is 6.50. The molecule has 256 valence electrons. The Hall–Kier alpha value is -4.42. The van der Waals surface area contributed by atoms with Gasteiger partial charge in [0.05, 0.1) is 7.11 Å². The number of rotatable bonds is 7. The van der Waals surface area contributed by atoms with Crippen LogP contribution in [0.15, 0.2) is 24.4 Å². The van der Waals surface area contributed by atoms with Gasteiger partial charge in [0.15, 0.2) is 0 Å². The minimum absolute atomic E-state index is 0.0120. The predicted molar refractivity (Wildman–Crippen MR) is 175 cm³/mol. The van der Waals surface area contributed by atoms with Gasteiger partial charge in [0.2, 0.25) is 29.5 Å². The van der Waals surface area contributed by atoms with Crippen molar-refractivity contribution in [2.75, 3.05) is 7.11 Å². The smallest absolute Gasteiger partial charge is 0.328 e. The second-order valence-electron chi connectivity index (χ2n) is 13.7. The fraction of sp³-hybridized carbons (Fsp3) is 0.588. The van der Waals surface area contributed by atoms with Crippen LogP contribution in [0.4, 0.5) is 0 Å². The molecule has 1 fully saturated rings. The number of H-pyrrole nitrogens is 1. The second-order valence-corrected chi connectivity index (χ2v) is 13.7. The normalized spacial score (nSPS) is 25.9. The van der Waals surface area contributed by atoms with E-state index in [0.29, 0.717) is 6.42 Å². The number of carbonyl (C=O) groups is 6. The lowest BCUT2D eigenvalue weighted by Gasteiger charge is -2.33. The van der Waals surface area contributed by atoms with Crippen LogP contribution < -0.4 is 26.6 Å². The summed E-state index contributed by atoms with van der Waals surface area (Å²) in [7, 11) is 1.25. The maximum Gasteiger partial charge on any atom is 0.328 e. The van der Waals surface area contributed by atoms with Crippen LogP contribution in [0.25, 0.3) is 10.9 Å². The van der Waals surface area contributed by atoms with Crippen LogP contribution in [0.5, 0.6) is 0 Å². The Morgan fingerprint density at radius 1 is 0.894 bits per heavy atom. The number of aromatic amines is 1. The Kier molecular flexibility index (Phi) is 11.3. The zero-order chi connectivity index (χ0) is 34.6. The Balaban J connectivity index is 1.85. The lowest BCUT2D eigenvalue weighted by molar-refractivity contribution is -0.145. The number of fused-ring (bicyclic) bond motifs is 12. The van der Waals surface area contributed by atoms with E-state index in [-0.39, 0.29) is 42.9 Å². The largest absolute Gasteiger partial charge is 0.467 e. The Morgan fingerprint density at radius 3 is 2.21 bits per heavy atom. The first kappa shape index (κ1) is 35.4. The summed E-state index contributed by atoms with van der Waals surface area (Å²) in [5, 5.41) is 14.9. The van der Waals surface area contributed by atoms with Crippen LogP contribution in [-0.2, 0) is 39.9 Å². The third-order valence-corrected chi connectivity index (χ3v) is 8.96. The molecule has 6 atom stereocenters. The number of aromatic nitrogens is 1. The summed E-state index contributed by atoms with van der Waals surface area (Å²) in [6.07, 6.45) is 2.68. The fourth-order valence-corrected chi connectivity index (χ4v) is 6.50. The van der Waals surface area contributed by atoms with Crippen LogP contribution in [-0.4, -0.2) is 77.8 Å². The van der Waals surface area contributed by atoms with E-state index in [1.807, 2.05) is 45.9 Å². The second kappa shape index (κ2) is 15.0. The van der Waals surface area contributed by atoms with Crippen LogP contribution in [0.1, 0.15) is 77.8 Å². The molecule has 3 aliphatic rings. The summed E-state index contributed by atoms with van der Waals surface area (Å²) in [4.78, 5) is 83.2. The van der Waals surface area contributed by atoms with Crippen LogP contribution in [0.3, 0.4) is 0 Å². The van der Waals surface area contributed by atoms with E-state index in [1.54, 1.807) is 20.0 Å². The van der Waals surface area contributed by atoms with Crippen molar-refractivity contribution in [3.8, 4) is 0 Å². The van der Waals surface area contributed by atoms with E-state index in [2.05, 4.69) is 31.6 Å². The van der Waals surface area contributed by atoms with Crippen molar-refractivity contribution in [1.82, 2.24) is 31.6 Å². The van der Waals surface area contributed by atoms with E-state index in [0.717, 1.165) is 22.0 Å². The molecule has 1 saturated heterocycles. The topological polar surface area (TPSA) is 188 Å². The Labute approximate surface area is 275 Å². The summed E-state index contributed by atoms with van der Waals surface area (Å²) in [5.74, 6) is -4.07. The van der Waals surface area contributed by atoms with Crippen molar-refractivity contribution in [3.05, 3.63) is 35.5 Å². The highest BCUT2D eigenvalue weighted by Gasteiger charge is 2.39. The first-order valence-corrected chi connectivity index (χ1v) is 16.4. The third kappa shape index (κ3) is 8.30. The highest BCUT2D eigenvalue weighted by Crippen LogP contribution is 2.32. The van der Waals surface area contributed by atoms with E-state index in [1.165, 1.54) is 7.11 Å². The molecule has 1 aromatic heterocycles. The SMILES string of the molecule is COC(=O)[C@@H]1Cc2c[nH]c3cc(ccc23)[C@@H](C(C)C)[C@H](NC(=O)[C@@H]2CCC(=O)N2)C(=O)N[C@@H](CC(C)C)C(=O)N[C@@H](C(C)C)C(=O)N1. The van der Waals surface area contributed by atoms with Crippen molar-refractivity contribution in [2.45, 2.75) is 103 Å². The Bertz CT molecular complexity index is 1520. The average Bonchev–Trinajstić information content (AvgIpc) is 3.62. The Morgan fingerprint density at radius 2 is 1.62 bits per heavy atom. The number of methoxy groups -OCH3 is 1. The molecule has 1 aromatic carbocycles. The molecule has 0 unspecified atom stereocenters. The average molecular weight is 653 g/mol. The van der Waals surface area contributed by atoms with Gasteiger partial charge >= 0.3 is 5.97 Å². The monoisotopic (exact) mass is 652 g/mol. The van der Waals surface area contributed by atoms with Crippen LogP contribution in [0.2, 0.25) is 0 Å². The van der Waals surface area contributed by atoms with Gasteiger partial charge in [0.1, 0.15) is 30.2 Å². The number of carbonyl (C=O) groups excluding carboxylic acids is 6. The molecule has 0 aliphatic carbocycles. The predicted octanol–water partition coefficient (Wildman–Crippen LogP) is 1.56. The van der Waals surface area contributed by atoms with Crippen molar-refractivity contribution in [2.24, 2.45) is 17.8 Å². The molecule has 2 aromatic rings. The molecule has 4 bridgehead atoms. The zero-order valence-corrected chi connectivity index (χ0v) is 28.2. The number of esters is 1. The van der Waals surface area contributed by atoms with Gasteiger partial charge < -0.3 is 36.3 Å². The molecular weight excluding hydrogens is 604 g/mol. The highest BCUT2D eigenvalue weighted by atomic mass is 16.5. The van der Waals surface area contributed by atoms with Gasteiger partial charge in [-0.2, -0.15) is 0 Å². The molecule has 0 saturated carbocycles. The summed E-state index contributed by atoms with van der Waals surface area (Å²) < 4.78 is 5.02. The molecule has 0 radical (unpaired) electrons. The first-order chi connectivity index (χ1) is 22.2. The van der Waals surface area contributed by atoms with E-state index >= 15 is 0 Å². The van der Waals surface area contributed by atoms with Crippen molar-refractivity contribution in [3.63, 3.8) is 0 Å². The lowest BCUT2D eigenvalue weighted by atomic mass is 9.81. The standard InChI is InChI=1S/C34H48N6O7/c1-16(2)12-24-31(43)39-28(18(5)6)32(44)38-25(34(46)47-7)14-20-15-35-23-13-19(8-9-21(20)23)27(17(3)4)29(33(45)37-24)40-30(42)22-10-11-26(41)36-22/h8-9,13,15-18,22,24-25,27-29,35H,10-12,14H2,1-7H3,(H,36,41)(H,37,45)(H,38,44)(H,39,43)(H,40,42)/t22-,24-,25-,27+,28-,29-/m0/s1. The number of hydrogen-bond acceptors (Lipinski definition) is 7. The van der Waals surface area contributed by atoms with E-state index in [4.69, 9.17) is 4.74 Å². The van der Waals surface area contributed by atoms with Gasteiger partial charge in [-0.05, 0) is 47.8 Å². The third-order valence-electron chi connectivity index (χ3n) is 8.96. The lowest BCUT2D eigenvalue weighted by Crippen LogP contribution is -2.60. The van der Waals surface area contributed by atoms with Crippen LogP contribution >= 0.6 is 0 Å². The number of ether oxygens (including phenoxy) is 1. The molecule has 3 aliphatic heterocycles. The van der Waals surface area contributed by atoms with Gasteiger partial charge in [0.25, 0.3) is 0 Å². The van der Waals surface area contributed by atoms with Gasteiger partial charge in [-0.15, -0.1) is 0 Å². The number of benzene rings is 1. The minimum atomic E-state index is -1.10. The van der Waals surface area contributed by atoms with Crippen molar-refractivity contribution >= 4 is 46.4 Å². The van der Waals surface area contributed by atoms with Crippen LogP contribution in [0, 0.1) is 17.8 Å². The van der Waals surface area contributed by atoms with E-state index in [9.17, 15) is 28.8 Å². The quantitative estimate of drug-likeness (QED) is 0.193. The zero-order valence-electron chi connectivity index (χ0n) is 28.2. The maximum absolute atomic E-state index is 14.3. The molecule has 6 N–H and O–H groups in total. The van der Waals surface area contributed by atoms with Gasteiger partial charge in [-0.1, -0.05) is 53.7 Å².